The smallest absolute Gasteiger partial charge is 0.191 e. The molecule has 4 rings (SSSR count). The van der Waals surface area contributed by atoms with Gasteiger partial charge in [0.05, 0.1) is 0 Å². The van der Waals surface area contributed by atoms with Crippen molar-refractivity contribution in [1.29, 1.82) is 0 Å². The Morgan fingerprint density at radius 3 is 2.62 bits per heavy atom. The molecule has 1 saturated carbocycles. The average molecular weight is 508 g/mol. The molecule has 0 spiro atoms. The zero-order valence-corrected chi connectivity index (χ0v) is 19.7. The van der Waals surface area contributed by atoms with Gasteiger partial charge < -0.3 is 15.2 Å². The molecule has 1 aliphatic carbocycles. The van der Waals surface area contributed by atoms with Gasteiger partial charge in [0.1, 0.15) is 12.4 Å². The number of aromatic nitrogens is 3. The van der Waals surface area contributed by atoms with Crippen molar-refractivity contribution < 1.29 is 0 Å². The van der Waals surface area contributed by atoms with Crippen LogP contribution in [0.1, 0.15) is 62.7 Å². The fourth-order valence-corrected chi connectivity index (χ4v) is 4.37. The van der Waals surface area contributed by atoms with Crippen LogP contribution in [-0.4, -0.2) is 33.8 Å². The zero-order valence-electron chi connectivity index (χ0n) is 17.4. The van der Waals surface area contributed by atoms with Crippen LogP contribution in [0.25, 0.3) is 0 Å². The van der Waals surface area contributed by atoms with Gasteiger partial charge in [0.25, 0.3) is 0 Å². The summed E-state index contributed by atoms with van der Waals surface area (Å²) in [6.07, 6.45) is 8.51. The van der Waals surface area contributed by atoms with Crippen LogP contribution in [-0.2, 0) is 24.9 Å². The second-order valence-corrected chi connectivity index (χ2v) is 8.04. The molecular weight excluding hydrogens is 475 g/mol. The predicted octanol–water partition coefficient (Wildman–Crippen LogP) is 3.80. The maximum atomic E-state index is 4.82. The number of fused-ring (bicyclic) bond motifs is 1. The van der Waals surface area contributed by atoms with E-state index in [2.05, 4.69) is 62.7 Å². The molecule has 2 heterocycles. The highest BCUT2D eigenvalue weighted by molar-refractivity contribution is 14.0. The highest BCUT2D eigenvalue weighted by Crippen LogP contribution is 2.43. The molecule has 0 unspecified atom stereocenters. The molecule has 0 saturated heterocycles. The quantitative estimate of drug-likeness (QED) is 0.354. The fraction of sp³-hybridized carbons (Fsp3) is 0.591. The third-order valence-corrected chi connectivity index (χ3v) is 6.20. The van der Waals surface area contributed by atoms with Gasteiger partial charge in [-0.3, -0.25) is 0 Å². The summed E-state index contributed by atoms with van der Waals surface area (Å²) in [7, 11) is 0. The number of aliphatic imine (C=N–C) groups is 1. The number of nitrogens with zero attached hydrogens (tertiary/aromatic N) is 4. The van der Waals surface area contributed by atoms with E-state index in [1.54, 1.807) is 0 Å². The highest BCUT2D eigenvalue weighted by atomic mass is 127. The lowest BCUT2D eigenvalue weighted by Crippen LogP contribution is -2.48. The Morgan fingerprint density at radius 2 is 1.90 bits per heavy atom. The number of guanidine groups is 1. The van der Waals surface area contributed by atoms with E-state index in [9.17, 15) is 0 Å². The molecule has 1 aromatic carbocycles. The molecule has 2 aliphatic rings. The Bertz CT molecular complexity index is 797. The molecule has 1 fully saturated rings. The van der Waals surface area contributed by atoms with E-state index in [4.69, 9.17) is 4.99 Å². The summed E-state index contributed by atoms with van der Waals surface area (Å²) in [5.74, 6) is 2.98. The maximum absolute atomic E-state index is 4.82. The molecule has 2 aromatic rings. The van der Waals surface area contributed by atoms with E-state index in [0.29, 0.717) is 6.54 Å². The largest absolute Gasteiger partial charge is 0.357 e. The van der Waals surface area contributed by atoms with Gasteiger partial charge in [0.2, 0.25) is 0 Å². The number of hydrogen-bond donors (Lipinski definition) is 2. The van der Waals surface area contributed by atoms with Crippen LogP contribution in [0.5, 0.6) is 0 Å². The Kier molecular flexibility index (Phi) is 7.91. The fourth-order valence-electron chi connectivity index (χ4n) is 4.37. The predicted molar refractivity (Wildman–Crippen MR) is 128 cm³/mol. The van der Waals surface area contributed by atoms with E-state index in [1.165, 1.54) is 44.1 Å². The standard InChI is InChI=1S/C22H32N6.HI/c1-2-23-21(24-16-20-27-26-19-12-7-4-8-15-28(19)20)25-17-22(13-9-14-22)18-10-5-3-6-11-18;/h3,5-6,10-11H,2,4,7-9,12-17H2,1H3,(H2,23,24,25);1H. The first-order chi connectivity index (χ1) is 13.8. The number of aryl methyl sites for hydroxylation is 1. The van der Waals surface area contributed by atoms with Crippen molar-refractivity contribution in [3.05, 3.63) is 47.5 Å². The van der Waals surface area contributed by atoms with Crippen molar-refractivity contribution in [2.45, 2.75) is 70.4 Å². The van der Waals surface area contributed by atoms with Crippen LogP contribution in [0.2, 0.25) is 0 Å². The van der Waals surface area contributed by atoms with Crippen LogP contribution in [0.3, 0.4) is 0 Å². The molecule has 0 radical (unpaired) electrons. The lowest BCUT2D eigenvalue weighted by atomic mass is 9.64. The number of halogens is 1. The van der Waals surface area contributed by atoms with E-state index in [-0.39, 0.29) is 29.4 Å². The summed E-state index contributed by atoms with van der Waals surface area (Å²) in [6.45, 7) is 5.47. The van der Waals surface area contributed by atoms with E-state index >= 15 is 0 Å². The van der Waals surface area contributed by atoms with Gasteiger partial charge in [0.15, 0.2) is 11.8 Å². The van der Waals surface area contributed by atoms with E-state index in [1.807, 2.05) is 0 Å². The van der Waals surface area contributed by atoms with Gasteiger partial charge in [-0.2, -0.15) is 0 Å². The molecular formula is C22H33IN6. The number of hydrogen-bond acceptors (Lipinski definition) is 3. The van der Waals surface area contributed by atoms with Gasteiger partial charge in [-0.1, -0.05) is 43.2 Å². The summed E-state index contributed by atoms with van der Waals surface area (Å²) in [6, 6.07) is 10.9. The van der Waals surface area contributed by atoms with Gasteiger partial charge in [0, 0.05) is 31.5 Å². The molecule has 158 valence electrons. The highest BCUT2D eigenvalue weighted by Gasteiger charge is 2.38. The Morgan fingerprint density at radius 1 is 1.07 bits per heavy atom. The summed E-state index contributed by atoms with van der Waals surface area (Å²) < 4.78 is 2.28. The second-order valence-electron chi connectivity index (χ2n) is 8.04. The van der Waals surface area contributed by atoms with Crippen molar-refractivity contribution in [2.24, 2.45) is 4.99 Å². The van der Waals surface area contributed by atoms with Gasteiger partial charge >= 0.3 is 0 Å². The van der Waals surface area contributed by atoms with Crippen LogP contribution >= 0.6 is 24.0 Å². The lowest BCUT2D eigenvalue weighted by molar-refractivity contribution is 0.244. The Labute approximate surface area is 191 Å². The summed E-state index contributed by atoms with van der Waals surface area (Å²) >= 11 is 0. The molecule has 0 amide bonds. The van der Waals surface area contributed by atoms with Crippen molar-refractivity contribution in [3.63, 3.8) is 0 Å². The topological polar surface area (TPSA) is 67.1 Å². The minimum atomic E-state index is 0. The number of rotatable bonds is 6. The monoisotopic (exact) mass is 508 g/mol. The first-order valence-electron chi connectivity index (χ1n) is 10.8. The molecule has 0 atom stereocenters. The number of benzene rings is 1. The molecule has 2 N–H and O–H groups in total. The number of nitrogens with one attached hydrogen (secondary N) is 2. The van der Waals surface area contributed by atoms with Crippen molar-refractivity contribution in [3.8, 4) is 0 Å². The molecule has 1 aromatic heterocycles. The van der Waals surface area contributed by atoms with E-state index < -0.39 is 0 Å². The SMILES string of the molecule is CCNC(=NCc1nnc2n1CCCCC2)NCC1(c2ccccc2)CCC1.I. The normalized spacial score (nSPS) is 18.0. The molecule has 1 aliphatic heterocycles. The molecule has 7 heteroatoms. The zero-order chi connectivity index (χ0) is 19.2. The first-order valence-corrected chi connectivity index (χ1v) is 10.8. The third-order valence-electron chi connectivity index (χ3n) is 6.20. The average Bonchev–Trinajstić information content (AvgIpc) is 2.92. The van der Waals surface area contributed by atoms with Crippen molar-refractivity contribution in [1.82, 2.24) is 25.4 Å². The lowest BCUT2D eigenvalue weighted by Gasteiger charge is -2.43. The molecule has 29 heavy (non-hydrogen) atoms. The van der Waals surface area contributed by atoms with E-state index in [0.717, 1.165) is 43.7 Å². The first kappa shape index (κ1) is 22.1. The molecule has 0 bridgehead atoms. The Balaban J connectivity index is 0.00000240. The van der Waals surface area contributed by atoms with Crippen LogP contribution in [0.15, 0.2) is 35.3 Å². The Hall–Kier alpha value is -1.64. The van der Waals surface area contributed by atoms with Crippen molar-refractivity contribution >= 4 is 29.9 Å². The third kappa shape index (κ3) is 5.10. The maximum Gasteiger partial charge on any atom is 0.191 e. The summed E-state index contributed by atoms with van der Waals surface area (Å²) in [4.78, 5) is 4.82. The van der Waals surface area contributed by atoms with Gasteiger partial charge in [-0.05, 0) is 38.2 Å². The summed E-state index contributed by atoms with van der Waals surface area (Å²) in [5, 5.41) is 15.8. The minimum Gasteiger partial charge on any atom is -0.357 e. The summed E-state index contributed by atoms with van der Waals surface area (Å²) in [5.41, 5.74) is 1.68. The second kappa shape index (κ2) is 10.4. The molecule has 6 nitrogen and oxygen atoms in total. The minimum absolute atomic E-state index is 0. The van der Waals surface area contributed by atoms with Crippen LogP contribution in [0.4, 0.5) is 0 Å². The van der Waals surface area contributed by atoms with Gasteiger partial charge in [-0.15, -0.1) is 34.2 Å². The van der Waals surface area contributed by atoms with Gasteiger partial charge in [-0.25, -0.2) is 4.99 Å². The van der Waals surface area contributed by atoms with Crippen molar-refractivity contribution in [2.75, 3.05) is 13.1 Å². The van der Waals surface area contributed by atoms with Crippen LogP contribution < -0.4 is 10.6 Å². The van der Waals surface area contributed by atoms with Crippen LogP contribution in [0, 0.1) is 0 Å².